The average Bonchev–Trinajstić information content (AvgIpc) is 2.87. The second-order valence-corrected chi connectivity index (χ2v) is 8.00. The van der Waals surface area contributed by atoms with E-state index in [1.807, 2.05) is 43.6 Å². The van der Waals surface area contributed by atoms with E-state index in [1.54, 1.807) is 26.6 Å². The average molecular weight is 449 g/mol. The zero-order valence-electron chi connectivity index (χ0n) is 19.9. The molecule has 2 aromatic heterocycles. The molecule has 0 bridgehead atoms. The first-order valence-electron chi connectivity index (χ1n) is 11.1. The molecule has 0 saturated carbocycles. The number of nitrogens with one attached hydrogen (secondary N) is 2. The number of carbonyl (C=O) groups is 1. The second kappa shape index (κ2) is 11.3. The Labute approximate surface area is 195 Å². The summed E-state index contributed by atoms with van der Waals surface area (Å²) in [6.45, 7) is 5.88. The quantitative estimate of drug-likeness (QED) is 0.489. The van der Waals surface area contributed by atoms with Crippen LogP contribution in [0.25, 0.3) is 11.3 Å². The van der Waals surface area contributed by atoms with Crippen molar-refractivity contribution in [2.24, 2.45) is 5.92 Å². The number of ether oxygens (including phenoxy) is 1. The molecule has 2 N–H and O–H groups in total. The van der Waals surface area contributed by atoms with Crippen molar-refractivity contribution in [1.82, 2.24) is 20.3 Å². The zero-order chi connectivity index (χ0) is 23.8. The lowest BCUT2D eigenvalue weighted by Crippen LogP contribution is -2.18. The van der Waals surface area contributed by atoms with Crippen LogP contribution in [0.3, 0.4) is 0 Å². The first-order chi connectivity index (χ1) is 15.9. The van der Waals surface area contributed by atoms with Gasteiger partial charge in [-0.15, -0.1) is 0 Å². The van der Waals surface area contributed by atoms with E-state index < -0.39 is 0 Å². The van der Waals surface area contributed by atoms with Gasteiger partial charge in [-0.2, -0.15) is 0 Å². The number of anilines is 2. The minimum Gasteiger partial charge on any atom is -0.496 e. The molecule has 0 saturated heterocycles. The zero-order valence-corrected chi connectivity index (χ0v) is 19.9. The van der Waals surface area contributed by atoms with E-state index in [0.717, 1.165) is 53.7 Å². The van der Waals surface area contributed by atoms with Gasteiger partial charge in [0, 0.05) is 50.6 Å². The highest BCUT2D eigenvalue weighted by molar-refractivity contribution is 5.94. The van der Waals surface area contributed by atoms with Gasteiger partial charge in [0.2, 0.25) is 0 Å². The van der Waals surface area contributed by atoms with Crippen molar-refractivity contribution in [3.05, 3.63) is 60.0 Å². The standard InChI is InChI=1S/C25H32N6O2/c1-6-31(4)24-10-9-20(15-28-24)21-13-23(30-16-29-21)27-14-17(2)11-18-7-8-19(25(32)26-3)12-22(18)33-5/h7-10,12-13,15-17H,6,11,14H2,1-5H3,(H,26,32)(H,27,29,30). The van der Waals surface area contributed by atoms with Crippen LogP contribution in [0.2, 0.25) is 0 Å². The third-order valence-corrected chi connectivity index (χ3v) is 5.55. The highest BCUT2D eigenvalue weighted by atomic mass is 16.5. The molecule has 0 radical (unpaired) electrons. The summed E-state index contributed by atoms with van der Waals surface area (Å²) in [6.07, 6.45) is 4.21. The molecule has 3 rings (SSSR count). The van der Waals surface area contributed by atoms with E-state index in [2.05, 4.69) is 44.3 Å². The summed E-state index contributed by atoms with van der Waals surface area (Å²) in [4.78, 5) is 27.2. The van der Waals surface area contributed by atoms with Crippen LogP contribution in [0.15, 0.2) is 48.9 Å². The van der Waals surface area contributed by atoms with Gasteiger partial charge in [0.1, 0.15) is 23.7 Å². The Morgan fingerprint density at radius 1 is 1.15 bits per heavy atom. The summed E-state index contributed by atoms with van der Waals surface area (Å²) in [6, 6.07) is 11.5. The van der Waals surface area contributed by atoms with Crippen LogP contribution in [0.1, 0.15) is 29.8 Å². The number of carbonyl (C=O) groups excluding carboxylic acids is 1. The van der Waals surface area contributed by atoms with Gasteiger partial charge in [-0.05, 0) is 49.1 Å². The number of benzene rings is 1. The molecule has 3 aromatic rings. The van der Waals surface area contributed by atoms with Crippen molar-refractivity contribution >= 4 is 17.5 Å². The molecule has 174 valence electrons. The third-order valence-electron chi connectivity index (χ3n) is 5.55. The van der Waals surface area contributed by atoms with Gasteiger partial charge in [0.25, 0.3) is 5.91 Å². The number of nitrogens with zero attached hydrogens (tertiary/aromatic N) is 4. The number of pyridine rings is 1. The second-order valence-electron chi connectivity index (χ2n) is 8.00. The van der Waals surface area contributed by atoms with Crippen LogP contribution in [-0.4, -0.2) is 55.2 Å². The highest BCUT2D eigenvalue weighted by Gasteiger charge is 2.13. The fourth-order valence-corrected chi connectivity index (χ4v) is 3.46. The van der Waals surface area contributed by atoms with Crippen molar-refractivity contribution in [1.29, 1.82) is 0 Å². The molecule has 33 heavy (non-hydrogen) atoms. The number of methoxy groups -OCH3 is 1. The van der Waals surface area contributed by atoms with Crippen LogP contribution in [0, 0.1) is 5.92 Å². The lowest BCUT2D eigenvalue weighted by Gasteiger charge is -2.16. The van der Waals surface area contributed by atoms with Gasteiger partial charge in [0.05, 0.1) is 12.8 Å². The fraction of sp³-hybridized carbons (Fsp3) is 0.360. The number of hydrogen-bond acceptors (Lipinski definition) is 7. The molecular formula is C25H32N6O2. The summed E-state index contributed by atoms with van der Waals surface area (Å²) < 4.78 is 5.51. The van der Waals surface area contributed by atoms with Crippen LogP contribution >= 0.6 is 0 Å². The smallest absolute Gasteiger partial charge is 0.251 e. The van der Waals surface area contributed by atoms with Crippen LogP contribution in [-0.2, 0) is 6.42 Å². The van der Waals surface area contributed by atoms with Crippen LogP contribution in [0.4, 0.5) is 11.6 Å². The molecule has 8 heteroatoms. The fourth-order valence-electron chi connectivity index (χ4n) is 3.46. The van der Waals surface area contributed by atoms with E-state index in [1.165, 1.54) is 0 Å². The maximum atomic E-state index is 11.9. The molecule has 1 aromatic carbocycles. The molecule has 0 spiro atoms. The maximum Gasteiger partial charge on any atom is 0.251 e. The van der Waals surface area contributed by atoms with Gasteiger partial charge in [-0.3, -0.25) is 4.79 Å². The summed E-state index contributed by atoms with van der Waals surface area (Å²) in [5.74, 6) is 2.60. The van der Waals surface area contributed by atoms with E-state index in [4.69, 9.17) is 4.74 Å². The molecule has 0 aliphatic rings. The van der Waals surface area contributed by atoms with Gasteiger partial charge in [0.15, 0.2) is 0 Å². The molecule has 0 fully saturated rings. The van der Waals surface area contributed by atoms with Gasteiger partial charge in [-0.1, -0.05) is 13.0 Å². The summed E-state index contributed by atoms with van der Waals surface area (Å²) in [5.41, 5.74) is 3.42. The lowest BCUT2D eigenvalue weighted by molar-refractivity contribution is 0.0962. The molecule has 1 atom stereocenters. The molecule has 2 heterocycles. The topological polar surface area (TPSA) is 92.3 Å². The molecule has 1 amide bonds. The number of amides is 1. The van der Waals surface area contributed by atoms with Crippen molar-refractivity contribution in [3.8, 4) is 17.0 Å². The van der Waals surface area contributed by atoms with E-state index in [-0.39, 0.29) is 5.91 Å². The Morgan fingerprint density at radius 2 is 1.97 bits per heavy atom. The summed E-state index contributed by atoms with van der Waals surface area (Å²) >= 11 is 0. The van der Waals surface area contributed by atoms with Gasteiger partial charge in [-0.25, -0.2) is 15.0 Å². The molecule has 0 aliphatic carbocycles. The monoisotopic (exact) mass is 448 g/mol. The minimum absolute atomic E-state index is 0.128. The van der Waals surface area contributed by atoms with E-state index >= 15 is 0 Å². The Bertz CT molecular complexity index is 1070. The van der Waals surface area contributed by atoms with Crippen molar-refractivity contribution < 1.29 is 9.53 Å². The summed E-state index contributed by atoms with van der Waals surface area (Å²) in [7, 11) is 5.26. The van der Waals surface area contributed by atoms with Crippen LogP contribution in [0.5, 0.6) is 5.75 Å². The van der Waals surface area contributed by atoms with Crippen LogP contribution < -0.4 is 20.3 Å². The highest BCUT2D eigenvalue weighted by Crippen LogP contribution is 2.24. The molecule has 0 aliphatic heterocycles. The SMILES string of the molecule is CCN(C)c1ccc(-c2cc(NCC(C)Cc3ccc(C(=O)NC)cc3OC)ncn2)cn1. The molecule has 8 nitrogen and oxygen atoms in total. The first kappa shape index (κ1) is 24.0. The molecular weight excluding hydrogens is 416 g/mol. The van der Waals surface area contributed by atoms with Gasteiger partial charge < -0.3 is 20.3 Å². The Hall–Kier alpha value is -3.68. The van der Waals surface area contributed by atoms with Crippen molar-refractivity contribution in [3.63, 3.8) is 0 Å². The van der Waals surface area contributed by atoms with Crippen molar-refractivity contribution in [2.45, 2.75) is 20.3 Å². The number of aromatic nitrogens is 3. The normalized spacial score (nSPS) is 11.5. The van der Waals surface area contributed by atoms with E-state index in [9.17, 15) is 4.79 Å². The van der Waals surface area contributed by atoms with Crippen molar-refractivity contribution in [2.75, 3.05) is 44.5 Å². The Kier molecular flexibility index (Phi) is 8.18. The summed E-state index contributed by atoms with van der Waals surface area (Å²) in [5, 5.41) is 6.04. The maximum absolute atomic E-state index is 11.9. The first-order valence-corrected chi connectivity index (χ1v) is 11.1. The third kappa shape index (κ3) is 6.19. The predicted octanol–water partition coefficient (Wildman–Crippen LogP) is 3.65. The lowest BCUT2D eigenvalue weighted by atomic mass is 9.98. The Balaban J connectivity index is 1.63. The Morgan fingerprint density at radius 3 is 2.64 bits per heavy atom. The predicted molar refractivity (Wildman–Crippen MR) is 132 cm³/mol. The molecule has 1 unspecified atom stereocenters. The van der Waals surface area contributed by atoms with E-state index in [0.29, 0.717) is 11.5 Å². The largest absolute Gasteiger partial charge is 0.496 e. The number of hydrogen-bond donors (Lipinski definition) is 2. The van der Waals surface area contributed by atoms with Gasteiger partial charge >= 0.3 is 0 Å². The number of rotatable bonds is 10. The minimum atomic E-state index is -0.128.